The number of anilines is 1. The highest BCUT2D eigenvalue weighted by atomic mass is 32.1. The van der Waals surface area contributed by atoms with Gasteiger partial charge in [-0.2, -0.15) is 0 Å². The van der Waals surface area contributed by atoms with Crippen molar-refractivity contribution in [2.75, 3.05) is 5.32 Å². The van der Waals surface area contributed by atoms with Crippen molar-refractivity contribution in [2.45, 2.75) is 6.92 Å². The number of amides is 1. The average Bonchev–Trinajstić information content (AvgIpc) is 3.46. The fourth-order valence-corrected chi connectivity index (χ4v) is 4.50. The summed E-state index contributed by atoms with van der Waals surface area (Å²) in [7, 11) is 0. The van der Waals surface area contributed by atoms with Crippen molar-refractivity contribution in [3.8, 4) is 21.9 Å². The van der Waals surface area contributed by atoms with Crippen molar-refractivity contribution in [1.29, 1.82) is 0 Å². The van der Waals surface area contributed by atoms with E-state index in [0.717, 1.165) is 32.7 Å². The van der Waals surface area contributed by atoms with E-state index in [4.69, 9.17) is 4.52 Å². The first kappa shape index (κ1) is 16.9. The highest BCUT2D eigenvalue weighted by Crippen LogP contribution is 2.34. The first-order valence-corrected chi connectivity index (χ1v) is 10.3. The molecule has 0 bridgehead atoms. The first-order chi connectivity index (χ1) is 13.7. The second-order valence-corrected chi connectivity index (χ2v) is 8.02. The molecular weight excluding hydrogens is 392 g/mol. The molecule has 4 aromatic heterocycles. The molecule has 0 aliphatic heterocycles. The van der Waals surface area contributed by atoms with Crippen LogP contribution in [0.25, 0.3) is 32.8 Å². The van der Waals surface area contributed by atoms with E-state index in [1.54, 1.807) is 6.07 Å². The number of hydrogen-bond acceptors (Lipinski definition) is 6. The molecule has 5 rings (SSSR count). The van der Waals surface area contributed by atoms with Crippen molar-refractivity contribution >= 4 is 44.6 Å². The van der Waals surface area contributed by atoms with Gasteiger partial charge in [0.1, 0.15) is 0 Å². The smallest absolute Gasteiger partial charge is 0.279 e. The number of H-pyrrole nitrogens is 1. The van der Waals surface area contributed by atoms with E-state index in [0.29, 0.717) is 10.9 Å². The molecule has 4 heterocycles. The lowest BCUT2D eigenvalue weighted by molar-refractivity contribution is 0.101. The molecule has 0 fully saturated rings. The van der Waals surface area contributed by atoms with Gasteiger partial charge in [-0.3, -0.25) is 10.1 Å². The van der Waals surface area contributed by atoms with Crippen LogP contribution in [0, 0.1) is 6.92 Å². The Balaban J connectivity index is 1.39. The van der Waals surface area contributed by atoms with Crippen molar-refractivity contribution in [3.05, 3.63) is 64.6 Å². The van der Waals surface area contributed by atoms with E-state index in [2.05, 4.69) is 26.5 Å². The number of thiazole rings is 1. The minimum Gasteiger partial charge on any atom is -0.358 e. The summed E-state index contributed by atoms with van der Waals surface area (Å²) in [5.41, 5.74) is 4.21. The summed E-state index contributed by atoms with van der Waals surface area (Å²) in [6.07, 6.45) is 0. The molecule has 28 heavy (non-hydrogen) atoms. The second kappa shape index (κ2) is 6.74. The third-order valence-electron chi connectivity index (χ3n) is 4.38. The van der Waals surface area contributed by atoms with E-state index >= 15 is 0 Å². The number of aromatic amines is 1. The summed E-state index contributed by atoms with van der Waals surface area (Å²) >= 11 is 2.91. The zero-order valence-corrected chi connectivity index (χ0v) is 16.4. The van der Waals surface area contributed by atoms with Gasteiger partial charge in [0, 0.05) is 33.6 Å². The lowest BCUT2D eigenvalue weighted by Gasteiger charge is -1.98. The van der Waals surface area contributed by atoms with Crippen molar-refractivity contribution < 1.29 is 9.32 Å². The third-order valence-corrected chi connectivity index (χ3v) is 6.02. The molecule has 138 valence electrons. The monoisotopic (exact) mass is 406 g/mol. The van der Waals surface area contributed by atoms with E-state index in [-0.39, 0.29) is 11.6 Å². The van der Waals surface area contributed by atoms with Crippen LogP contribution in [0.2, 0.25) is 0 Å². The maximum absolute atomic E-state index is 12.5. The van der Waals surface area contributed by atoms with Crippen molar-refractivity contribution in [1.82, 2.24) is 15.1 Å². The molecule has 8 heteroatoms. The number of fused-ring (bicyclic) bond motifs is 1. The number of thiophene rings is 1. The number of aryl methyl sites for hydroxylation is 1. The first-order valence-electron chi connectivity index (χ1n) is 8.54. The third kappa shape index (κ3) is 2.92. The van der Waals surface area contributed by atoms with Crippen LogP contribution < -0.4 is 5.32 Å². The van der Waals surface area contributed by atoms with Crippen LogP contribution in [-0.2, 0) is 0 Å². The van der Waals surface area contributed by atoms with Crippen molar-refractivity contribution in [2.24, 2.45) is 0 Å². The summed E-state index contributed by atoms with van der Waals surface area (Å²) in [6, 6.07) is 13.6. The summed E-state index contributed by atoms with van der Waals surface area (Å²) in [4.78, 5) is 21.4. The molecule has 0 spiro atoms. The van der Waals surface area contributed by atoms with E-state index in [1.165, 1.54) is 22.7 Å². The van der Waals surface area contributed by atoms with Crippen LogP contribution in [0.4, 0.5) is 5.13 Å². The fraction of sp³-hybridized carbons (Fsp3) is 0.0500. The number of carbonyl (C=O) groups excluding carboxylic acids is 1. The van der Waals surface area contributed by atoms with Crippen molar-refractivity contribution in [3.63, 3.8) is 0 Å². The molecule has 6 nitrogen and oxygen atoms in total. The normalized spacial score (nSPS) is 11.2. The van der Waals surface area contributed by atoms with Gasteiger partial charge in [-0.05, 0) is 24.4 Å². The Morgan fingerprint density at radius 3 is 2.93 bits per heavy atom. The highest BCUT2D eigenvalue weighted by Gasteiger charge is 2.18. The maximum Gasteiger partial charge on any atom is 0.279 e. The van der Waals surface area contributed by atoms with Gasteiger partial charge in [-0.1, -0.05) is 29.4 Å². The molecule has 2 N–H and O–H groups in total. The zero-order chi connectivity index (χ0) is 19.1. The summed E-state index contributed by atoms with van der Waals surface area (Å²) in [5, 5.41) is 12.2. The number of para-hydroxylation sites is 1. The summed E-state index contributed by atoms with van der Waals surface area (Å²) in [5.74, 6) is 0.234. The standard InChI is InChI=1S/C20H14N4O2S2/c1-11-18(12-5-2-3-6-13(12)21-11)15-10-28-20(22-15)23-19(25)14-9-16(26-24-14)17-7-4-8-27-17/h2-10,21H,1H3,(H,22,23,25). The van der Waals surface area contributed by atoms with Crippen LogP contribution in [0.1, 0.15) is 16.2 Å². The Morgan fingerprint density at radius 2 is 2.07 bits per heavy atom. The van der Waals surface area contributed by atoms with Crippen LogP contribution in [-0.4, -0.2) is 21.0 Å². The minimum atomic E-state index is -0.344. The van der Waals surface area contributed by atoms with Gasteiger partial charge in [-0.15, -0.1) is 22.7 Å². The van der Waals surface area contributed by atoms with E-state index in [1.807, 2.05) is 48.0 Å². The second-order valence-electron chi connectivity index (χ2n) is 6.22. The lowest BCUT2D eigenvalue weighted by atomic mass is 10.1. The maximum atomic E-state index is 12.5. The molecule has 0 unspecified atom stereocenters. The Kier molecular flexibility index (Phi) is 4.07. The average molecular weight is 406 g/mol. The quantitative estimate of drug-likeness (QED) is 0.409. The van der Waals surface area contributed by atoms with Gasteiger partial charge in [0.05, 0.1) is 10.6 Å². The molecule has 0 saturated carbocycles. The van der Waals surface area contributed by atoms with Gasteiger partial charge in [-0.25, -0.2) is 4.98 Å². The summed E-state index contributed by atoms with van der Waals surface area (Å²) < 4.78 is 5.27. The predicted octanol–water partition coefficient (Wildman–Crippen LogP) is 5.57. The number of aromatic nitrogens is 3. The Labute approximate surface area is 167 Å². The number of nitrogens with zero attached hydrogens (tertiary/aromatic N) is 2. The van der Waals surface area contributed by atoms with Crippen LogP contribution in [0.5, 0.6) is 0 Å². The zero-order valence-electron chi connectivity index (χ0n) is 14.7. The largest absolute Gasteiger partial charge is 0.358 e. The van der Waals surface area contributed by atoms with Crippen LogP contribution in [0.15, 0.2) is 57.7 Å². The number of rotatable bonds is 4. The van der Waals surface area contributed by atoms with Crippen LogP contribution >= 0.6 is 22.7 Å². The SMILES string of the molecule is Cc1[nH]c2ccccc2c1-c1csc(NC(=O)c2cc(-c3cccs3)on2)n1. The van der Waals surface area contributed by atoms with E-state index < -0.39 is 0 Å². The number of nitrogens with one attached hydrogen (secondary N) is 2. The van der Waals surface area contributed by atoms with E-state index in [9.17, 15) is 4.79 Å². The fourth-order valence-electron chi connectivity index (χ4n) is 3.13. The molecule has 0 aliphatic carbocycles. The predicted molar refractivity (Wildman–Crippen MR) is 112 cm³/mol. The van der Waals surface area contributed by atoms with Gasteiger partial charge in [0.15, 0.2) is 16.6 Å². The minimum absolute atomic E-state index is 0.225. The van der Waals surface area contributed by atoms with Crippen LogP contribution in [0.3, 0.4) is 0 Å². The molecule has 1 amide bonds. The van der Waals surface area contributed by atoms with Gasteiger partial charge < -0.3 is 9.51 Å². The van der Waals surface area contributed by atoms with Gasteiger partial charge in [0.25, 0.3) is 5.91 Å². The molecule has 5 aromatic rings. The van der Waals surface area contributed by atoms with Gasteiger partial charge in [0.2, 0.25) is 0 Å². The molecular formula is C20H14N4O2S2. The lowest BCUT2D eigenvalue weighted by Crippen LogP contribution is -2.11. The molecule has 0 saturated heterocycles. The summed E-state index contributed by atoms with van der Waals surface area (Å²) in [6.45, 7) is 2.02. The molecule has 1 aromatic carbocycles. The number of carbonyl (C=O) groups is 1. The number of hydrogen-bond donors (Lipinski definition) is 2. The molecule has 0 radical (unpaired) electrons. The van der Waals surface area contributed by atoms with Gasteiger partial charge >= 0.3 is 0 Å². The highest BCUT2D eigenvalue weighted by molar-refractivity contribution is 7.14. The Morgan fingerprint density at radius 1 is 1.18 bits per heavy atom. The topological polar surface area (TPSA) is 83.8 Å². The Bertz CT molecular complexity index is 1280. The molecule has 0 aliphatic rings. The molecule has 0 atom stereocenters. The number of benzene rings is 1. The Hall–Kier alpha value is -3.23.